The minimum absolute atomic E-state index is 0.0104. The predicted molar refractivity (Wildman–Crippen MR) is 83.7 cm³/mol. The number of furan rings is 1. The summed E-state index contributed by atoms with van der Waals surface area (Å²) in [5.41, 5.74) is 0.958. The van der Waals surface area contributed by atoms with Crippen molar-refractivity contribution in [1.82, 2.24) is 5.32 Å². The summed E-state index contributed by atoms with van der Waals surface area (Å²) in [7, 11) is 0. The Morgan fingerprint density at radius 1 is 1.29 bits per heavy atom. The van der Waals surface area contributed by atoms with Crippen molar-refractivity contribution in [2.75, 3.05) is 0 Å². The lowest BCUT2D eigenvalue weighted by Gasteiger charge is -2.20. The van der Waals surface area contributed by atoms with Crippen molar-refractivity contribution in [2.45, 2.75) is 39.5 Å². The maximum absolute atomic E-state index is 13.2. The molecule has 0 unspecified atom stereocenters. The van der Waals surface area contributed by atoms with Gasteiger partial charge in [0.15, 0.2) is 0 Å². The van der Waals surface area contributed by atoms with Gasteiger partial charge in [0, 0.05) is 17.2 Å². The molecule has 1 N–H and O–H groups in total. The van der Waals surface area contributed by atoms with Gasteiger partial charge in [0.05, 0.1) is 17.3 Å². The van der Waals surface area contributed by atoms with Crippen LogP contribution in [0.5, 0.6) is 5.75 Å². The lowest BCUT2D eigenvalue weighted by Crippen LogP contribution is -2.35. The molecule has 0 saturated carbocycles. The first kappa shape index (κ1) is 16.0. The third kappa shape index (κ3) is 4.86. The van der Waals surface area contributed by atoms with Gasteiger partial charge in [-0.25, -0.2) is 4.39 Å². The molecule has 1 aromatic carbocycles. The molecule has 5 heteroatoms. The van der Waals surface area contributed by atoms with Gasteiger partial charge in [0.1, 0.15) is 23.9 Å². The quantitative estimate of drug-likeness (QED) is 0.847. The zero-order valence-corrected chi connectivity index (χ0v) is 14.0. The average Bonchev–Trinajstić information content (AvgIpc) is 2.84. The second kappa shape index (κ2) is 6.62. The molecule has 2 rings (SSSR count). The molecule has 21 heavy (non-hydrogen) atoms. The first-order valence-electron chi connectivity index (χ1n) is 6.73. The van der Waals surface area contributed by atoms with E-state index in [4.69, 9.17) is 9.15 Å². The van der Waals surface area contributed by atoms with Gasteiger partial charge < -0.3 is 14.5 Å². The lowest BCUT2D eigenvalue weighted by atomic mass is 10.1. The third-order valence-electron chi connectivity index (χ3n) is 2.89. The molecule has 0 fully saturated rings. The van der Waals surface area contributed by atoms with Crippen molar-refractivity contribution in [3.05, 3.63) is 52.1 Å². The molecule has 0 saturated heterocycles. The SMILES string of the molecule is CC(C)(C)NCc1occc1COc1cc(F)ccc1Br. The molecule has 0 spiro atoms. The van der Waals surface area contributed by atoms with Crippen LogP contribution in [-0.4, -0.2) is 5.54 Å². The number of hydrogen-bond acceptors (Lipinski definition) is 3. The van der Waals surface area contributed by atoms with E-state index >= 15 is 0 Å². The number of halogens is 2. The molecule has 0 amide bonds. The van der Waals surface area contributed by atoms with Crippen LogP contribution in [0.1, 0.15) is 32.1 Å². The van der Waals surface area contributed by atoms with Crippen LogP contribution in [0.25, 0.3) is 0 Å². The first-order valence-corrected chi connectivity index (χ1v) is 7.52. The van der Waals surface area contributed by atoms with Crippen LogP contribution in [0, 0.1) is 5.82 Å². The van der Waals surface area contributed by atoms with Crippen LogP contribution in [0.3, 0.4) is 0 Å². The molecular formula is C16H19BrFNO2. The zero-order valence-electron chi connectivity index (χ0n) is 12.4. The van der Waals surface area contributed by atoms with Gasteiger partial charge in [0.2, 0.25) is 0 Å². The molecule has 0 atom stereocenters. The van der Waals surface area contributed by atoms with Crippen molar-refractivity contribution < 1.29 is 13.5 Å². The van der Waals surface area contributed by atoms with E-state index in [0.29, 0.717) is 18.9 Å². The highest BCUT2D eigenvalue weighted by atomic mass is 79.9. The Labute approximate surface area is 132 Å². The fraction of sp³-hybridized carbons (Fsp3) is 0.375. The molecular weight excluding hydrogens is 337 g/mol. The fourth-order valence-corrected chi connectivity index (χ4v) is 2.10. The lowest BCUT2D eigenvalue weighted by molar-refractivity contribution is 0.296. The van der Waals surface area contributed by atoms with Crippen LogP contribution in [0.4, 0.5) is 4.39 Å². The third-order valence-corrected chi connectivity index (χ3v) is 3.55. The van der Waals surface area contributed by atoms with Gasteiger partial charge in [-0.15, -0.1) is 0 Å². The van der Waals surface area contributed by atoms with Crippen LogP contribution < -0.4 is 10.1 Å². The topological polar surface area (TPSA) is 34.4 Å². The van der Waals surface area contributed by atoms with E-state index in [1.165, 1.54) is 12.1 Å². The largest absolute Gasteiger partial charge is 0.487 e. The second-order valence-corrected chi connectivity index (χ2v) is 6.69. The summed E-state index contributed by atoms with van der Waals surface area (Å²) in [4.78, 5) is 0. The molecule has 0 bridgehead atoms. The van der Waals surface area contributed by atoms with E-state index in [1.807, 2.05) is 6.07 Å². The molecule has 1 heterocycles. The Bertz CT molecular complexity index is 605. The molecule has 0 aliphatic carbocycles. The normalized spacial score (nSPS) is 11.7. The van der Waals surface area contributed by atoms with E-state index in [-0.39, 0.29) is 11.4 Å². The summed E-state index contributed by atoms with van der Waals surface area (Å²) in [5.74, 6) is 0.985. The van der Waals surface area contributed by atoms with E-state index in [0.717, 1.165) is 15.8 Å². The summed E-state index contributed by atoms with van der Waals surface area (Å²) in [6, 6.07) is 6.24. The Balaban J connectivity index is 2.01. The monoisotopic (exact) mass is 355 g/mol. The Morgan fingerprint density at radius 2 is 2.05 bits per heavy atom. The van der Waals surface area contributed by atoms with Crippen LogP contribution in [0.2, 0.25) is 0 Å². The molecule has 3 nitrogen and oxygen atoms in total. The standard InChI is InChI=1S/C16H19BrFNO2/c1-16(2,3)19-9-15-11(6-7-20-15)10-21-14-8-12(18)4-5-13(14)17/h4-8,19H,9-10H2,1-3H3. The highest BCUT2D eigenvalue weighted by molar-refractivity contribution is 9.10. The number of benzene rings is 1. The maximum Gasteiger partial charge on any atom is 0.136 e. The molecule has 0 aliphatic rings. The smallest absolute Gasteiger partial charge is 0.136 e. The van der Waals surface area contributed by atoms with E-state index < -0.39 is 0 Å². The molecule has 0 radical (unpaired) electrons. The summed E-state index contributed by atoms with van der Waals surface area (Å²) < 4.78 is 25.1. The zero-order chi connectivity index (χ0) is 15.5. The molecule has 0 aliphatic heterocycles. The molecule has 114 valence electrons. The minimum atomic E-state index is -0.324. The Kier molecular flexibility index (Phi) is 5.06. The van der Waals surface area contributed by atoms with Crippen LogP contribution in [-0.2, 0) is 13.2 Å². The van der Waals surface area contributed by atoms with Gasteiger partial charge in [-0.3, -0.25) is 0 Å². The van der Waals surface area contributed by atoms with Crippen molar-refractivity contribution in [2.24, 2.45) is 0 Å². The number of rotatable bonds is 5. The van der Waals surface area contributed by atoms with Crippen LogP contribution >= 0.6 is 15.9 Å². The van der Waals surface area contributed by atoms with Gasteiger partial charge in [-0.2, -0.15) is 0 Å². The second-order valence-electron chi connectivity index (χ2n) is 5.84. The van der Waals surface area contributed by atoms with Crippen molar-refractivity contribution >= 4 is 15.9 Å². The van der Waals surface area contributed by atoms with Crippen LogP contribution in [0.15, 0.2) is 39.4 Å². The number of nitrogens with one attached hydrogen (secondary N) is 1. The summed E-state index contributed by atoms with van der Waals surface area (Å²) in [6.45, 7) is 7.24. The minimum Gasteiger partial charge on any atom is -0.487 e. The summed E-state index contributed by atoms with van der Waals surface area (Å²) in [5, 5.41) is 3.36. The summed E-state index contributed by atoms with van der Waals surface area (Å²) in [6.07, 6.45) is 1.64. The van der Waals surface area contributed by atoms with E-state index in [9.17, 15) is 4.39 Å². The molecule has 2 aromatic rings. The molecule has 1 aromatic heterocycles. The van der Waals surface area contributed by atoms with Gasteiger partial charge in [-0.1, -0.05) is 0 Å². The Hall–Kier alpha value is -1.33. The fourth-order valence-electron chi connectivity index (χ4n) is 1.74. The van der Waals surface area contributed by atoms with Gasteiger partial charge >= 0.3 is 0 Å². The average molecular weight is 356 g/mol. The number of ether oxygens (including phenoxy) is 1. The highest BCUT2D eigenvalue weighted by Gasteiger charge is 2.13. The number of hydrogen-bond donors (Lipinski definition) is 1. The van der Waals surface area contributed by atoms with Crippen molar-refractivity contribution in [3.63, 3.8) is 0 Å². The summed E-state index contributed by atoms with van der Waals surface area (Å²) >= 11 is 3.34. The van der Waals surface area contributed by atoms with E-state index in [1.54, 1.807) is 12.3 Å². The van der Waals surface area contributed by atoms with E-state index in [2.05, 4.69) is 42.0 Å². The first-order chi connectivity index (χ1) is 9.85. The Morgan fingerprint density at radius 3 is 2.76 bits per heavy atom. The highest BCUT2D eigenvalue weighted by Crippen LogP contribution is 2.27. The maximum atomic E-state index is 13.2. The van der Waals surface area contributed by atoms with Crippen molar-refractivity contribution in [3.8, 4) is 5.75 Å². The van der Waals surface area contributed by atoms with Crippen molar-refractivity contribution in [1.29, 1.82) is 0 Å². The van der Waals surface area contributed by atoms with Gasteiger partial charge in [-0.05, 0) is 54.9 Å². The predicted octanol–water partition coefficient (Wildman–Crippen LogP) is 4.65. The van der Waals surface area contributed by atoms with Gasteiger partial charge in [0.25, 0.3) is 0 Å².